The number of nitrogens with one attached hydrogen (secondary N) is 1. The molecule has 0 bridgehead atoms. The van der Waals surface area contributed by atoms with Crippen molar-refractivity contribution in [1.29, 1.82) is 0 Å². The van der Waals surface area contributed by atoms with Crippen LogP contribution in [0.2, 0.25) is 0 Å². The lowest BCUT2D eigenvalue weighted by Crippen LogP contribution is -2.40. The Balaban J connectivity index is 1.89. The molecule has 1 saturated heterocycles. The molecule has 2 atom stereocenters. The standard InChI is InChI=1S/C14H20N4O2/c1-10-7-13-14(19)17(4-5-18(13)16-10)8-12(15-2)11-3-6-20-9-11/h4-5,7,11-12,15H,3,6,8-9H2,1-2H3. The average Bonchev–Trinajstić information content (AvgIpc) is 3.07. The van der Waals surface area contributed by atoms with Gasteiger partial charge in [0.1, 0.15) is 5.52 Å². The van der Waals surface area contributed by atoms with Gasteiger partial charge in [0.15, 0.2) is 0 Å². The predicted octanol–water partition coefficient (Wildman–Crippen LogP) is 0.429. The molecule has 6 heteroatoms. The molecule has 108 valence electrons. The summed E-state index contributed by atoms with van der Waals surface area (Å²) < 4.78 is 8.84. The summed E-state index contributed by atoms with van der Waals surface area (Å²) in [7, 11) is 1.94. The number of fused-ring (bicyclic) bond motifs is 1. The minimum absolute atomic E-state index is 0.00673. The molecule has 0 radical (unpaired) electrons. The van der Waals surface area contributed by atoms with E-state index in [0.29, 0.717) is 18.0 Å². The van der Waals surface area contributed by atoms with Gasteiger partial charge in [0.25, 0.3) is 5.56 Å². The number of aromatic nitrogens is 3. The molecular formula is C14H20N4O2. The molecule has 2 unspecified atom stereocenters. The SMILES string of the molecule is CNC(Cn1ccn2nc(C)cc2c1=O)C1CCOC1. The van der Waals surface area contributed by atoms with Gasteiger partial charge in [0, 0.05) is 37.5 Å². The number of hydrogen-bond acceptors (Lipinski definition) is 4. The van der Waals surface area contributed by atoms with Crippen LogP contribution in [0.5, 0.6) is 0 Å². The minimum atomic E-state index is 0.00673. The Morgan fingerprint density at radius 2 is 2.40 bits per heavy atom. The van der Waals surface area contributed by atoms with Crippen LogP contribution in [0.1, 0.15) is 12.1 Å². The summed E-state index contributed by atoms with van der Waals surface area (Å²) in [5.74, 6) is 0.467. The maximum atomic E-state index is 12.5. The van der Waals surface area contributed by atoms with Crippen molar-refractivity contribution in [3.8, 4) is 0 Å². The second kappa shape index (κ2) is 5.38. The van der Waals surface area contributed by atoms with Gasteiger partial charge >= 0.3 is 0 Å². The van der Waals surface area contributed by atoms with Gasteiger partial charge in [-0.1, -0.05) is 0 Å². The van der Waals surface area contributed by atoms with Crippen molar-refractivity contribution >= 4 is 5.52 Å². The quantitative estimate of drug-likeness (QED) is 0.879. The molecule has 0 spiro atoms. The van der Waals surface area contributed by atoms with Crippen molar-refractivity contribution in [2.45, 2.75) is 25.9 Å². The Hall–Kier alpha value is -1.66. The zero-order valence-corrected chi connectivity index (χ0v) is 11.9. The molecule has 3 heterocycles. The van der Waals surface area contributed by atoms with Crippen LogP contribution in [0.3, 0.4) is 0 Å². The zero-order valence-electron chi connectivity index (χ0n) is 11.9. The van der Waals surface area contributed by atoms with Crippen LogP contribution in [0, 0.1) is 12.8 Å². The molecule has 0 amide bonds. The van der Waals surface area contributed by atoms with Crippen LogP contribution in [-0.4, -0.2) is 40.5 Å². The van der Waals surface area contributed by atoms with Gasteiger partial charge in [-0.15, -0.1) is 0 Å². The second-order valence-corrected chi connectivity index (χ2v) is 5.39. The Morgan fingerprint density at radius 3 is 3.10 bits per heavy atom. The molecule has 1 N–H and O–H groups in total. The van der Waals surface area contributed by atoms with E-state index in [-0.39, 0.29) is 11.6 Å². The average molecular weight is 276 g/mol. The van der Waals surface area contributed by atoms with E-state index in [9.17, 15) is 4.79 Å². The third-order valence-electron chi connectivity index (χ3n) is 4.02. The lowest BCUT2D eigenvalue weighted by Gasteiger charge is -2.22. The Bertz CT molecular complexity index is 655. The molecule has 2 aromatic heterocycles. The van der Waals surface area contributed by atoms with E-state index in [4.69, 9.17) is 4.74 Å². The number of hydrogen-bond donors (Lipinski definition) is 1. The van der Waals surface area contributed by atoms with Gasteiger partial charge in [-0.3, -0.25) is 4.79 Å². The van der Waals surface area contributed by atoms with Crippen LogP contribution in [0.15, 0.2) is 23.3 Å². The lowest BCUT2D eigenvalue weighted by molar-refractivity contribution is 0.175. The molecule has 20 heavy (non-hydrogen) atoms. The first kappa shape index (κ1) is 13.3. The highest BCUT2D eigenvalue weighted by Crippen LogP contribution is 2.17. The zero-order chi connectivity index (χ0) is 14.1. The molecule has 1 aliphatic rings. The third kappa shape index (κ3) is 2.36. The summed E-state index contributed by atoms with van der Waals surface area (Å²) in [5, 5.41) is 7.57. The van der Waals surface area contributed by atoms with Crippen molar-refractivity contribution in [2.24, 2.45) is 5.92 Å². The molecular weight excluding hydrogens is 256 g/mol. The third-order valence-corrected chi connectivity index (χ3v) is 4.02. The first-order chi connectivity index (χ1) is 9.69. The first-order valence-corrected chi connectivity index (χ1v) is 6.99. The molecule has 3 rings (SSSR count). The van der Waals surface area contributed by atoms with Gasteiger partial charge in [0.05, 0.1) is 12.3 Å². The van der Waals surface area contributed by atoms with Crippen molar-refractivity contribution in [2.75, 3.05) is 20.3 Å². The van der Waals surface area contributed by atoms with E-state index >= 15 is 0 Å². The predicted molar refractivity (Wildman–Crippen MR) is 76.0 cm³/mol. The van der Waals surface area contributed by atoms with E-state index in [1.807, 2.05) is 32.4 Å². The number of ether oxygens (including phenoxy) is 1. The van der Waals surface area contributed by atoms with Gasteiger partial charge in [0.2, 0.25) is 0 Å². The molecule has 0 aliphatic carbocycles. The van der Waals surface area contributed by atoms with E-state index in [1.165, 1.54) is 0 Å². The number of aryl methyl sites for hydroxylation is 1. The van der Waals surface area contributed by atoms with Crippen LogP contribution >= 0.6 is 0 Å². The largest absolute Gasteiger partial charge is 0.381 e. The van der Waals surface area contributed by atoms with E-state index in [2.05, 4.69) is 10.4 Å². The van der Waals surface area contributed by atoms with Crippen molar-refractivity contribution in [3.63, 3.8) is 0 Å². The van der Waals surface area contributed by atoms with Crippen LogP contribution in [0.4, 0.5) is 0 Å². The van der Waals surface area contributed by atoms with Gasteiger partial charge < -0.3 is 14.6 Å². The number of rotatable bonds is 4. The Morgan fingerprint density at radius 1 is 1.55 bits per heavy atom. The monoisotopic (exact) mass is 276 g/mol. The second-order valence-electron chi connectivity index (χ2n) is 5.39. The van der Waals surface area contributed by atoms with Crippen molar-refractivity contribution in [1.82, 2.24) is 19.5 Å². The molecule has 6 nitrogen and oxygen atoms in total. The summed E-state index contributed by atoms with van der Waals surface area (Å²) >= 11 is 0. The molecule has 0 aromatic carbocycles. The van der Waals surface area contributed by atoms with Crippen molar-refractivity contribution in [3.05, 3.63) is 34.5 Å². The fourth-order valence-electron chi connectivity index (χ4n) is 2.85. The van der Waals surface area contributed by atoms with E-state index in [0.717, 1.165) is 25.3 Å². The van der Waals surface area contributed by atoms with Crippen molar-refractivity contribution < 1.29 is 4.74 Å². The van der Waals surface area contributed by atoms with Crippen LogP contribution in [0.25, 0.3) is 5.52 Å². The molecule has 1 fully saturated rings. The van der Waals surface area contributed by atoms with Crippen LogP contribution < -0.4 is 10.9 Å². The minimum Gasteiger partial charge on any atom is -0.381 e. The maximum absolute atomic E-state index is 12.5. The highest BCUT2D eigenvalue weighted by molar-refractivity contribution is 5.44. The summed E-state index contributed by atoms with van der Waals surface area (Å²) in [6, 6.07) is 2.08. The topological polar surface area (TPSA) is 60.6 Å². The number of likely N-dealkylation sites (N-methyl/N-ethyl adjacent to an activating group) is 1. The highest BCUT2D eigenvalue weighted by Gasteiger charge is 2.25. The van der Waals surface area contributed by atoms with Gasteiger partial charge in [-0.25, -0.2) is 4.52 Å². The fraction of sp³-hybridized carbons (Fsp3) is 0.571. The maximum Gasteiger partial charge on any atom is 0.276 e. The highest BCUT2D eigenvalue weighted by atomic mass is 16.5. The molecule has 1 aliphatic heterocycles. The normalized spacial score (nSPS) is 20.6. The summed E-state index contributed by atoms with van der Waals surface area (Å²) in [6.07, 6.45) is 4.69. The number of nitrogens with zero attached hydrogens (tertiary/aromatic N) is 3. The Kier molecular flexibility index (Phi) is 3.58. The molecule has 0 saturated carbocycles. The van der Waals surface area contributed by atoms with Gasteiger partial charge in [-0.05, 0) is 26.5 Å². The first-order valence-electron chi connectivity index (χ1n) is 6.99. The lowest BCUT2D eigenvalue weighted by atomic mass is 9.99. The summed E-state index contributed by atoms with van der Waals surface area (Å²) in [4.78, 5) is 12.5. The molecule has 2 aromatic rings. The van der Waals surface area contributed by atoms with E-state index in [1.54, 1.807) is 9.08 Å². The van der Waals surface area contributed by atoms with E-state index < -0.39 is 0 Å². The summed E-state index contributed by atoms with van der Waals surface area (Å²) in [5.41, 5.74) is 1.49. The van der Waals surface area contributed by atoms with Gasteiger partial charge in [-0.2, -0.15) is 5.10 Å². The summed E-state index contributed by atoms with van der Waals surface area (Å²) in [6.45, 7) is 4.14. The van der Waals surface area contributed by atoms with Crippen LogP contribution in [-0.2, 0) is 11.3 Å². The smallest absolute Gasteiger partial charge is 0.276 e. The Labute approximate surface area is 117 Å². The fourth-order valence-corrected chi connectivity index (χ4v) is 2.85.